The molecular weight excluding hydrogens is 254 g/mol. The quantitative estimate of drug-likeness (QED) is 0.760. The number of hydrogen-bond donors (Lipinski definition) is 2. The van der Waals surface area contributed by atoms with Crippen LogP contribution in [0.1, 0.15) is 51.4 Å². The van der Waals surface area contributed by atoms with Gasteiger partial charge in [0.15, 0.2) is 0 Å². The largest absolute Gasteiger partial charge is 0.480 e. The lowest BCUT2D eigenvalue weighted by atomic mass is 9.67. The van der Waals surface area contributed by atoms with E-state index in [-0.39, 0.29) is 18.2 Å². The van der Waals surface area contributed by atoms with Gasteiger partial charge >= 0.3 is 5.97 Å². The van der Waals surface area contributed by atoms with Crippen molar-refractivity contribution < 1.29 is 14.7 Å². The topological polar surface area (TPSA) is 66.4 Å². The first-order valence-corrected chi connectivity index (χ1v) is 7.76. The van der Waals surface area contributed by atoms with Gasteiger partial charge in [0.05, 0.1) is 0 Å². The summed E-state index contributed by atoms with van der Waals surface area (Å²) in [6, 6.07) is -0.830. The molecule has 2 aliphatic rings. The average Bonchev–Trinajstić information content (AvgIpc) is 2.46. The van der Waals surface area contributed by atoms with Crippen LogP contribution in [0.15, 0.2) is 12.7 Å². The van der Waals surface area contributed by atoms with Gasteiger partial charge < -0.3 is 10.4 Å². The van der Waals surface area contributed by atoms with Crippen LogP contribution in [-0.2, 0) is 9.59 Å². The molecule has 112 valence electrons. The van der Waals surface area contributed by atoms with Crippen LogP contribution in [0.25, 0.3) is 0 Å². The number of hydrogen-bond acceptors (Lipinski definition) is 2. The molecule has 0 aromatic carbocycles. The van der Waals surface area contributed by atoms with E-state index in [2.05, 4.69) is 11.9 Å². The summed E-state index contributed by atoms with van der Waals surface area (Å²) in [7, 11) is 0. The molecule has 2 saturated carbocycles. The minimum absolute atomic E-state index is 0.000940. The van der Waals surface area contributed by atoms with Gasteiger partial charge in [0.2, 0.25) is 5.91 Å². The molecule has 2 fully saturated rings. The summed E-state index contributed by atoms with van der Waals surface area (Å²) >= 11 is 0. The second kappa shape index (κ2) is 6.91. The van der Waals surface area contributed by atoms with Crippen LogP contribution in [0.4, 0.5) is 0 Å². The molecule has 0 aromatic heterocycles. The predicted molar refractivity (Wildman–Crippen MR) is 77.2 cm³/mol. The van der Waals surface area contributed by atoms with Crippen molar-refractivity contribution in [1.29, 1.82) is 0 Å². The lowest BCUT2D eigenvalue weighted by molar-refractivity contribution is -0.142. The third-order valence-corrected chi connectivity index (χ3v) is 4.93. The maximum absolute atomic E-state index is 12.3. The Labute approximate surface area is 120 Å². The molecule has 1 amide bonds. The smallest absolute Gasteiger partial charge is 0.326 e. The van der Waals surface area contributed by atoms with Crippen LogP contribution >= 0.6 is 0 Å². The van der Waals surface area contributed by atoms with E-state index in [0.29, 0.717) is 5.92 Å². The summed E-state index contributed by atoms with van der Waals surface area (Å²) in [5.41, 5.74) is 0. The Morgan fingerprint density at radius 1 is 1.20 bits per heavy atom. The highest BCUT2D eigenvalue weighted by molar-refractivity contribution is 5.85. The Bertz CT molecular complexity index is 380. The summed E-state index contributed by atoms with van der Waals surface area (Å²) in [6.07, 6.45) is 9.96. The molecule has 4 nitrogen and oxygen atoms in total. The van der Waals surface area contributed by atoms with Crippen molar-refractivity contribution in [2.75, 3.05) is 0 Å². The second-order valence-electron chi connectivity index (χ2n) is 6.24. The number of amides is 1. The van der Waals surface area contributed by atoms with Crippen molar-refractivity contribution in [2.24, 2.45) is 17.8 Å². The summed E-state index contributed by atoms with van der Waals surface area (Å²) < 4.78 is 0. The fraction of sp³-hybridized carbons (Fsp3) is 0.750. The number of carbonyl (C=O) groups excluding carboxylic acids is 1. The van der Waals surface area contributed by atoms with Crippen molar-refractivity contribution in [3.8, 4) is 0 Å². The fourth-order valence-corrected chi connectivity index (χ4v) is 3.79. The van der Waals surface area contributed by atoms with E-state index < -0.39 is 12.0 Å². The maximum atomic E-state index is 12.3. The Kier molecular flexibility index (Phi) is 5.21. The molecule has 2 N–H and O–H groups in total. The zero-order chi connectivity index (χ0) is 14.5. The van der Waals surface area contributed by atoms with E-state index in [4.69, 9.17) is 5.11 Å². The van der Waals surface area contributed by atoms with Crippen molar-refractivity contribution in [3.05, 3.63) is 12.7 Å². The number of aliphatic carboxylic acids is 1. The normalized spacial score (nSPS) is 30.9. The summed E-state index contributed by atoms with van der Waals surface area (Å²) in [6.45, 7) is 3.54. The standard InChI is InChI=1S/C16H25NO3/c1-2-5-14(16(19)20)17-15(18)13-9-8-11-6-3-4-7-12(11)10-13/h2,11-14H,1,3-10H2,(H,17,18)(H,19,20). The number of fused-ring (bicyclic) bond motifs is 1. The predicted octanol–water partition coefficient (Wildman–Crippen LogP) is 2.74. The number of rotatable bonds is 5. The van der Waals surface area contributed by atoms with Gasteiger partial charge in [0.25, 0.3) is 0 Å². The number of carbonyl (C=O) groups is 2. The maximum Gasteiger partial charge on any atom is 0.326 e. The van der Waals surface area contributed by atoms with E-state index in [9.17, 15) is 9.59 Å². The van der Waals surface area contributed by atoms with Crippen molar-refractivity contribution in [1.82, 2.24) is 5.32 Å². The van der Waals surface area contributed by atoms with Gasteiger partial charge in [-0.3, -0.25) is 4.79 Å². The molecule has 0 heterocycles. The highest BCUT2D eigenvalue weighted by atomic mass is 16.4. The fourth-order valence-electron chi connectivity index (χ4n) is 3.79. The van der Waals surface area contributed by atoms with Gasteiger partial charge in [0, 0.05) is 5.92 Å². The third-order valence-electron chi connectivity index (χ3n) is 4.93. The Morgan fingerprint density at radius 3 is 2.55 bits per heavy atom. The first kappa shape index (κ1) is 15.1. The molecule has 4 unspecified atom stereocenters. The Morgan fingerprint density at radius 2 is 1.90 bits per heavy atom. The molecule has 4 atom stereocenters. The van der Waals surface area contributed by atoms with E-state index in [0.717, 1.165) is 25.2 Å². The molecule has 0 aliphatic heterocycles. The van der Waals surface area contributed by atoms with Gasteiger partial charge in [-0.2, -0.15) is 0 Å². The van der Waals surface area contributed by atoms with Crippen LogP contribution in [0.5, 0.6) is 0 Å². The van der Waals surface area contributed by atoms with Crippen molar-refractivity contribution in [2.45, 2.75) is 57.4 Å². The molecule has 0 saturated heterocycles. The minimum atomic E-state index is -0.982. The van der Waals surface area contributed by atoms with Crippen LogP contribution in [0.3, 0.4) is 0 Å². The van der Waals surface area contributed by atoms with Gasteiger partial charge in [-0.05, 0) is 37.5 Å². The van der Waals surface area contributed by atoms with Crippen LogP contribution in [0.2, 0.25) is 0 Å². The highest BCUT2D eigenvalue weighted by Crippen LogP contribution is 2.42. The zero-order valence-corrected chi connectivity index (χ0v) is 12.0. The van der Waals surface area contributed by atoms with Crippen molar-refractivity contribution in [3.63, 3.8) is 0 Å². The van der Waals surface area contributed by atoms with Crippen LogP contribution in [-0.4, -0.2) is 23.0 Å². The SMILES string of the molecule is C=CCC(NC(=O)C1CCC2CCCCC2C1)C(=O)O. The number of nitrogens with one attached hydrogen (secondary N) is 1. The van der Waals surface area contributed by atoms with E-state index >= 15 is 0 Å². The van der Waals surface area contributed by atoms with Crippen molar-refractivity contribution >= 4 is 11.9 Å². The summed E-state index contributed by atoms with van der Waals surface area (Å²) in [5.74, 6) is 0.418. The Hall–Kier alpha value is -1.32. The van der Waals surface area contributed by atoms with Crippen LogP contribution in [0, 0.1) is 17.8 Å². The molecule has 0 aromatic rings. The van der Waals surface area contributed by atoms with Gasteiger partial charge in [-0.1, -0.05) is 31.8 Å². The number of carboxylic acid groups (broad SMARTS) is 1. The number of carboxylic acids is 1. The first-order valence-electron chi connectivity index (χ1n) is 7.76. The lowest BCUT2D eigenvalue weighted by Crippen LogP contribution is -2.45. The molecule has 4 heteroatoms. The van der Waals surface area contributed by atoms with Gasteiger partial charge in [-0.15, -0.1) is 6.58 Å². The molecule has 0 spiro atoms. The first-order chi connectivity index (χ1) is 9.61. The minimum Gasteiger partial charge on any atom is -0.480 e. The molecule has 2 aliphatic carbocycles. The molecule has 0 bridgehead atoms. The second-order valence-corrected chi connectivity index (χ2v) is 6.24. The monoisotopic (exact) mass is 279 g/mol. The van der Waals surface area contributed by atoms with Gasteiger partial charge in [-0.25, -0.2) is 4.79 Å². The zero-order valence-electron chi connectivity index (χ0n) is 12.0. The molecule has 0 radical (unpaired) electrons. The summed E-state index contributed by atoms with van der Waals surface area (Å²) in [5, 5.41) is 11.7. The van der Waals surface area contributed by atoms with E-state index in [1.807, 2.05) is 0 Å². The lowest BCUT2D eigenvalue weighted by Gasteiger charge is -2.38. The van der Waals surface area contributed by atoms with Crippen LogP contribution < -0.4 is 5.32 Å². The third kappa shape index (κ3) is 3.62. The molecular formula is C16H25NO3. The molecule has 2 rings (SSSR count). The summed E-state index contributed by atoms with van der Waals surface area (Å²) in [4.78, 5) is 23.3. The highest BCUT2D eigenvalue weighted by Gasteiger charge is 2.35. The van der Waals surface area contributed by atoms with E-state index in [1.165, 1.54) is 31.8 Å². The average molecular weight is 279 g/mol. The Balaban J connectivity index is 1.89. The van der Waals surface area contributed by atoms with Gasteiger partial charge in [0.1, 0.15) is 6.04 Å². The molecule has 20 heavy (non-hydrogen) atoms. The van der Waals surface area contributed by atoms with E-state index in [1.54, 1.807) is 0 Å².